The van der Waals surface area contributed by atoms with Crippen LogP contribution in [0.4, 0.5) is 5.69 Å². The van der Waals surface area contributed by atoms with Gasteiger partial charge in [-0.2, -0.15) is 0 Å². The topological polar surface area (TPSA) is 44.7 Å². The Morgan fingerprint density at radius 1 is 1.15 bits per heavy atom. The fraction of sp³-hybridized carbons (Fsp3) is 0.478. The lowest BCUT2D eigenvalue weighted by Gasteiger charge is -2.34. The van der Waals surface area contributed by atoms with Gasteiger partial charge in [-0.15, -0.1) is 0 Å². The molecule has 0 spiro atoms. The smallest absolute Gasteiger partial charge is 0.123 e. The second-order valence-electron chi connectivity index (χ2n) is 7.68. The molecule has 1 saturated heterocycles. The largest absolute Gasteiger partial charge is 0.491 e. The van der Waals surface area contributed by atoms with Crippen molar-refractivity contribution in [1.82, 2.24) is 4.90 Å². The first-order valence-electron chi connectivity index (χ1n) is 10.1. The Morgan fingerprint density at radius 3 is 2.67 bits per heavy atom. The number of rotatable bonds is 8. The number of nitrogens with one attached hydrogen (secondary N) is 1. The molecular weight excluding hydrogens is 336 g/mol. The highest BCUT2D eigenvalue weighted by atomic mass is 16.5. The third-order valence-electron chi connectivity index (χ3n) is 5.17. The van der Waals surface area contributed by atoms with Crippen LogP contribution < -0.4 is 10.1 Å². The lowest BCUT2D eigenvalue weighted by molar-refractivity contribution is 0.189. The number of benzene rings is 2. The van der Waals surface area contributed by atoms with Crippen LogP contribution in [0, 0.1) is 0 Å². The van der Waals surface area contributed by atoms with Gasteiger partial charge in [0.2, 0.25) is 0 Å². The van der Waals surface area contributed by atoms with Gasteiger partial charge in [0.15, 0.2) is 0 Å². The van der Waals surface area contributed by atoms with Gasteiger partial charge in [-0.25, -0.2) is 0 Å². The number of aliphatic hydroxyl groups is 1. The summed E-state index contributed by atoms with van der Waals surface area (Å²) in [7, 11) is 0. The van der Waals surface area contributed by atoms with Crippen molar-refractivity contribution in [3.8, 4) is 5.75 Å². The number of para-hydroxylation sites is 1. The second-order valence-corrected chi connectivity index (χ2v) is 7.68. The van der Waals surface area contributed by atoms with Gasteiger partial charge >= 0.3 is 0 Å². The summed E-state index contributed by atoms with van der Waals surface area (Å²) >= 11 is 0. The van der Waals surface area contributed by atoms with E-state index in [1.807, 2.05) is 12.1 Å². The molecule has 1 atom stereocenters. The van der Waals surface area contributed by atoms with Crippen LogP contribution in [0.15, 0.2) is 48.5 Å². The second kappa shape index (κ2) is 9.77. The zero-order chi connectivity index (χ0) is 19.1. The molecule has 2 N–H and O–H groups in total. The van der Waals surface area contributed by atoms with Crippen LogP contribution in [0.3, 0.4) is 0 Å². The van der Waals surface area contributed by atoms with E-state index in [-0.39, 0.29) is 6.61 Å². The van der Waals surface area contributed by atoms with Crippen LogP contribution in [-0.2, 0) is 6.54 Å². The molecule has 3 rings (SSSR count). The number of piperidine rings is 1. The summed E-state index contributed by atoms with van der Waals surface area (Å²) in [5.41, 5.74) is 3.77. The van der Waals surface area contributed by atoms with Crippen molar-refractivity contribution >= 4 is 5.69 Å². The molecule has 1 heterocycles. The van der Waals surface area contributed by atoms with Crippen molar-refractivity contribution in [2.24, 2.45) is 0 Å². The van der Waals surface area contributed by atoms with Gasteiger partial charge in [0, 0.05) is 30.4 Å². The van der Waals surface area contributed by atoms with E-state index >= 15 is 0 Å². The molecule has 4 nitrogen and oxygen atoms in total. The Bertz CT molecular complexity index is 700. The maximum Gasteiger partial charge on any atom is 0.123 e. The molecule has 2 aromatic rings. The van der Waals surface area contributed by atoms with Gasteiger partial charge < -0.3 is 15.2 Å². The van der Waals surface area contributed by atoms with Crippen molar-refractivity contribution in [2.45, 2.75) is 45.2 Å². The lowest BCUT2D eigenvalue weighted by Crippen LogP contribution is -2.41. The summed E-state index contributed by atoms with van der Waals surface area (Å²) in [5, 5.41) is 12.7. The summed E-state index contributed by atoms with van der Waals surface area (Å²) < 4.78 is 5.69. The van der Waals surface area contributed by atoms with Crippen LogP contribution in [0.2, 0.25) is 0 Å². The molecule has 0 aliphatic carbocycles. The van der Waals surface area contributed by atoms with E-state index in [0.29, 0.717) is 18.6 Å². The molecule has 1 aliphatic rings. The lowest BCUT2D eigenvalue weighted by atomic mass is 10.0. The molecule has 1 unspecified atom stereocenters. The monoisotopic (exact) mass is 368 g/mol. The minimum Gasteiger partial charge on any atom is -0.491 e. The predicted octanol–water partition coefficient (Wildman–Crippen LogP) is 4.26. The third-order valence-corrected chi connectivity index (χ3v) is 5.17. The standard InChI is InChI=1S/C23H32N2O2/c1-18(2)19-9-11-21(12-10-19)24-22-7-5-13-25(17-22)16-20-6-3-4-8-23(20)27-15-14-26/h3-4,6,8-12,18,22,24,26H,5,7,13-17H2,1-2H3. The van der Waals surface area contributed by atoms with Crippen molar-refractivity contribution in [3.63, 3.8) is 0 Å². The number of likely N-dealkylation sites (tertiary alicyclic amines) is 1. The van der Waals surface area contributed by atoms with E-state index in [0.717, 1.165) is 25.4 Å². The van der Waals surface area contributed by atoms with Crippen molar-refractivity contribution < 1.29 is 9.84 Å². The number of hydrogen-bond donors (Lipinski definition) is 2. The van der Waals surface area contributed by atoms with E-state index in [9.17, 15) is 0 Å². The van der Waals surface area contributed by atoms with Gasteiger partial charge in [-0.3, -0.25) is 4.90 Å². The number of hydrogen-bond acceptors (Lipinski definition) is 4. The van der Waals surface area contributed by atoms with E-state index < -0.39 is 0 Å². The fourth-order valence-corrected chi connectivity index (χ4v) is 3.69. The average molecular weight is 369 g/mol. The van der Waals surface area contributed by atoms with Crippen LogP contribution >= 0.6 is 0 Å². The summed E-state index contributed by atoms with van der Waals surface area (Å²) in [6.07, 6.45) is 2.40. The predicted molar refractivity (Wildman–Crippen MR) is 111 cm³/mol. The molecule has 2 aromatic carbocycles. The highest BCUT2D eigenvalue weighted by Gasteiger charge is 2.20. The minimum absolute atomic E-state index is 0.0413. The van der Waals surface area contributed by atoms with Gasteiger partial charge in [-0.05, 0) is 49.1 Å². The molecule has 146 valence electrons. The molecule has 0 radical (unpaired) electrons. The van der Waals surface area contributed by atoms with Gasteiger partial charge in [-0.1, -0.05) is 44.2 Å². The first kappa shape index (κ1) is 19.7. The average Bonchev–Trinajstić information content (AvgIpc) is 2.68. The van der Waals surface area contributed by atoms with Crippen molar-refractivity contribution in [1.29, 1.82) is 0 Å². The maximum atomic E-state index is 9.02. The van der Waals surface area contributed by atoms with E-state index in [2.05, 4.69) is 60.5 Å². The van der Waals surface area contributed by atoms with Crippen LogP contribution in [0.1, 0.15) is 43.7 Å². The normalized spacial score (nSPS) is 17.9. The first-order valence-corrected chi connectivity index (χ1v) is 10.1. The zero-order valence-electron chi connectivity index (χ0n) is 16.5. The number of aliphatic hydroxyl groups excluding tert-OH is 1. The molecule has 0 bridgehead atoms. The summed E-state index contributed by atoms with van der Waals surface area (Å²) in [6, 6.07) is 17.5. The number of ether oxygens (including phenoxy) is 1. The van der Waals surface area contributed by atoms with Crippen LogP contribution in [-0.4, -0.2) is 42.4 Å². The molecule has 0 aromatic heterocycles. The van der Waals surface area contributed by atoms with Crippen LogP contribution in [0.5, 0.6) is 5.75 Å². The molecule has 0 amide bonds. The quantitative estimate of drug-likeness (QED) is 0.731. The Labute approximate surface area is 163 Å². The van der Waals surface area contributed by atoms with Gasteiger partial charge in [0.05, 0.1) is 6.61 Å². The number of nitrogens with zero attached hydrogens (tertiary/aromatic N) is 1. The molecule has 1 aliphatic heterocycles. The Kier molecular flexibility index (Phi) is 7.13. The van der Waals surface area contributed by atoms with Gasteiger partial charge in [0.25, 0.3) is 0 Å². The van der Waals surface area contributed by atoms with Crippen molar-refractivity contribution in [2.75, 3.05) is 31.6 Å². The molecule has 27 heavy (non-hydrogen) atoms. The Balaban J connectivity index is 1.58. The SMILES string of the molecule is CC(C)c1ccc(NC2CCCN(Cc3ccccc3OCCO)C2)cc1. The van der Waals surface area contributed by atoms with Gasteiger partial charge in [0.1, 0.15) is 12.4 Å². The Morgan fingerprint density at radius 2 is 1.93 bits per heavy atom. The molecule has 0 saturated carbocycles. The number of anilines is 1. The molecule has 1 fully saturated rings. The third kappa shape index (κ3) is 5.72. The molecule has 4 heteroatoms. The maximum absolute atomic E-state index is 9.02. The van der Waals surface area contributed by atoms with E-state index in [4.69, 9.17) is 9.84 Å². The summed E-state index contributed by atoms with van der Waals surface area (Å²) in [4.78, 5) is 2.49. The van der Waals surface area contributed by atoms with E-state index in [1.54, 1.807) is 0 Å². The summed E-state index contributed by atoms with van der Waals surface area (Å²) in [5.74, 6) is 1.45. The van der Waals surface area contributed by atoms with Crippen LogP contribution in [0.25, 0.3) is 0 Å². The van der Waals surface area contributed by atoms with E-state index in [1.165, 1.54) is 29.7 Å². The summed E-state index contributed by atoms with van der Waals surface area (Å²) in [6.45, 7) is 7.85. The highest BCUT2D eigenvalue weighted by molar-refractivity contribution is 5.46. The zero-order valence-corrected chi connectivity index (χ0v) is 16.5. The highest BCUT2D eigenvalue weighted by Crippen LogP contribution is 2.24. The van der Waals surface area contributed by atoms with Crippen molar-refractivity contribution in [3.05, 3.63) is 59.7 Å². The minimum atomic E-state index is 0.0413. The molecular formula is C23H32N2O2. The Hall–Kier alpha value is -2.04. The fourth-order valence-electron chi connectivity index (χ4n) is 3.69. The first-order chi connectivity index (χ1) is 13.2.